The van der Waals surface area contributed by atoms with Crippen LogP contribution in [0.4, 0.5) is 0 Å². The fourth-order valence-corrected chi connectivity index (χ4v) is 1.34. The molecule has 1 aromatic rings. The second-order valence-corrected chi connectivity index (χ2v) is 3.98. The number of carbonyl (C=O) groups excluding carboxylic acids is 1. The molecule has 1 N–H and O–H groups in total. The number of aromatic nitrogens is 1. The Morgan fingerprint density at radius 1 is 1.47 bits per heavy atom. The van der Waals surface area contributed by atoms with Gasteiger partial charge in [0.25, 0.3) is 5.91 Å². The van der Waals surface area contributed by atoms with Crippen molar-refractivity contribution in [1.82, 2.24) is 15.2 Å². The van der Waals surface area contributed by atoms with E-state index in [9.17, 15) is 4.79 Å². The molecule has 17 heavy (non-hydrogen) atoms. The maximum atomic E-state index is 11.7. The van der Waals surface area contributed by atoms with Gasteiger partial charge in [-0.2, -0.15) is 0 Å². The lowest BCUT2D eigenvalue weighted by Gasteiger charge is -2.09. The predicted molar refractivity (Wildman–Crippen MR) is 66.3 cm³/mol. The minimum atomic E-state index is -0.164. The van der Waals surface area contributed by atoms with Crippen molar-refractivity contribution in [3.8, 4) is 5.88 Å². The SMILES string of the molecule is COc1cccc(C(=O)NCCCN(C)C)n1. The van der Waals surface area contributed by atoms with Gasteiger partial charge in [-0.3, -0.25) is 4.79 Å². The van der Waals surface area contributed by atoms with E-state index in [-0.39, 0.29) is 5.91 Å². The summed E-state index contributed by atoms with van der Waals surface area (Å²) in [5.41, 5.74) is 0.384. The Morgan fingerprint density at radius 3 is 2.88 bits per heavy atom. The second-order valence-electron chi connectivity index (χ2n) is 3.98. The van der Waals surface area contributed by atoms with E-state index >= 15 is 0 Å². The van der Waals surface area contributed by atoms with Gasteiger partial charge in [0.05, 0.1) is 7.11 Å². The average molecular weight is 237 g/mol. The van der Waals surface area contributed by atoms with E-state index in [1.165, 1.54) is 7.11 Å². The van der Waals surface area contributed by atoms with Crippen molar-refractivity contribution in [3.05, 3.63) is 23.9 Å². The van der Waals surface area contributed by atoms with Gasteiger partial charge in [-0.15, -0.1) is 0 Å². The molecular weight excluding hydrogens is 218 g/mol. The van der Waals surface area contributed by atoms with E-state index in [1.807, 2.05) is 14.1 Å². The Labute approximate surface area is 102 Å². The molecule has 5 heteroatoms. The molecule has 0 saturated carbocycles. The third-order valence-corrected chi connectivity index (χ3v) is 2.23. The van der Waals surface area contributed by atoms with Gasteiger partial charge in [-0.25, -0.2) is 4.98 Å². The molecule has 0 fully saturated rings. The average Bonchev–Trinajstić information content (AvgIpc) is 2.34. The lowest BCUT2D eigenvalue weighted by molar-refractivity contribution is 0.0946. The van der Waals surface area contributed by atoms with Gasteiger partial charge in [0.15, 0.2) is 0 Å². The molecule has 0 saturated heterocycles. The fraction of sp³-hybridized carbons (Fsp3) is 0.500. The molecule has 0 aromatic carbocycles. The van der Waals surface area contributed by atoms with Gasteiger partial charge in [0.1, 0.15) is 5.69 Å². The summed E-state index contributed by atoms with van der Waals surface area (Å²) in [5.74, 6) is 0.286. The van der Waals surface area contributed by atoms with Crippen LogP contribution < -0.4 is 10.1 Å². The molecule has 0 unspecified atom stereocenters. The van der Waals surface area contributed by atoms with Gasteiger partial charge in [0.2, 0.25) is 5.88 Å². The van der Waals surface area contributed by atoms with Gasteiger partial charge in [0, 0.05) is 12.6 Å². The van der Waals surface area contributed by atoms with Crippen molar-refractivity contribution < 1.29 is 9.53 Å². The summed E-state index contributed by atoms with van der Waals surface area (Å²) in [4.78, 5) is 17.9. The number of nitrogens with one attached hydrogen (secondary N) is 1. The van der Waals surface area contributed by atoms with E-state index in [0.717, 1.165) is 13.0 Å². The molecule has 0 atom stereocenters. The van der Waals surface area contributed by atoms with Gasteiger partial charge >= 0.3 is 0 Å². The fourth-order valence-electron chi connectivity index (χ4n) is 1.34. The summed E-state index contributed by atoms with van der Waals surface area (Å²) >= 11 is 0. The summed E-state index contributed by atoms with van der Waals surface area (Å²) in [7, 11) is 5.54. The zero-order valence-electron chi connectivity index (χ0n) is 10.6. The smallest absolute Gasteiger partial charge is 0.270 e. The van der Waals surface area contributed by atoms with Crippen molar-refractivity contribution in [2.24, 2.45) is 0 Å². The van der Waals surface area contributed by atoms with Crippen LogP contribution in [0.2, 0.25) is 0 Å². The van der Waals surface area contributed by atoms with Crippen LogP contribution in [0.3, 0.4) is 0 Å². The molecule has 0 aliphatic carbocycles. The van der Waals surface area contributed by atoms with Crippen molar-refractivity contribution in [2.75, 3.05) is 34.3 Å². The Bertz CT molecular complexity index is 367. The number of pyridine rings is 1. The Hall–Kier alpha value is -1.62. The number of hydrogen-bond acceptors (Lipinski definition) is 4. The zero-order valence-corrected chi connectivity index (χ0v) is 10.6. The second kappa shape index (κ2) is 6.85. The molecule has 0 bridgehead atoms. The van der Waals surface area contributed by atoms with Crippen LogP contribution in [0, 0.1) is 0 Å². The highest BCUT2D eigenvalue weighted by Gasteiger charge is 2.07. The number of carbonyl (C=O) groups is 1. The van der Waals surface area contributed by atoms with Crippen LogP contribution in [0.1, 0.15) is 16.9 Å². The van der Waals surface area contributed by atoms with Crippen molar-refractivity contribution >= 4 is 5.91 Å². The standard InChI is InChI=1S/C12H19N3O2/c1-15(2)9-5-8-13-12(16)10-6-4-7-11(14-10)17-3/h4,6-7H,5,8-9H2,1-3H3,(H,13,16). The molecule has 0 radical (unpaired) electrons. The van der Waals surface area contributed by atoms with Crippen LogP contribution in [-0.2, 0) is 0 Å². The third-order valence-electron chi connectivity index (χ3n) is 2.23. The topological polar surface area (TPSA) is 54.5 Å². The molecule has 1 heterocycles. The molecule has 0 spiro atoms. The zero-order chi connectivity index (χ0) is 12.7. The first kappa shape index (κ1) is 13.4. The lowest BCUT2D eigenvalue weighted by atomic mass is 10.3. The highest BCUT2D eigenvalue weighted by Crippen LogP contribution is 2.06. The Kier molecular flexibility index (Phi) is 5.42. The summed E-state index contributed by atoms with van der Waals surface area (Å²) in [5, 5.41) is 2.82. The highest BCUT2D eigenvalue weighted by atomic mass is 16.5. The Morgan fingerprint density at radius 2 is 2.24 bits per heavy atom. The highest BCUT2D eigenvalue weighted by molar-refractivity contribution is 5.92. The first-order valence-corrected chi connectivity index (χ1v) is 5.57. The number of ether oxygens (including phenoxy) is 1. The molecular formula is C12H19N3O2. The first-order valence-electron chi connectivity index (χ1n) is 5.57. The van der Waals surface area contributed by atoms with Gasteiger partial charge in [-0.1, -0.05) is 6.07 Å². The van der Waals surface area contributed by atoms with Crippen LogP contribution in [-0.4, -0.2) is 50.1 Å². The molecule has 0 aliphatic rings. The van der Waals surface area contributed by atoms with Crippen molar-refractivity contribution in [1.29, 1.82) is 0 Å². The summed E-state index contributed by atoms with van der Waals surface area (Å²) in [6.07, 6.45) is 0.919. The van der Waals surface area contributed by atoms with E-state index < -0.39 is 0 Å². The number of nitrogens with zero attached hydrogens (tertiary/aromatic N) is 2. The lowest BCUT2D eigenvalue weighted by Crippen LogP contribution is -2.27. The summed E-state index contributed by atoms with van der Waals surface area (Å²) in [6, 6.07) is 5.13. The molecule has 5 nitrogen and oxygen atoms in total. The van der Waals surface area contributed by atoms with E-state index in [1.54, 1.807) is 18.2 Å². The quantitative estimate of drug-likeness (QED) is 0.743. The normalized spacial score (nSPS) is 10.4. The number of amides is 1. The summed E-state index contributed by atoms with van der Waals surface area (Å²) < 4.78 is 4.96. The number of rotatable bonds is 6. The third kappa shape index (κ3) is 4.82. The molecule has 1 amide bonds. The van der Waals surface area contributed by atoms with Crippen molar-refractivity contribution in [2.45, 2.75) is 6.42 Å². The largest absolute Gasteiger partial charge is 0.481 e. The Balaban J connectivity index is 2.41. The monoisotopic (exact) mass is 237 g/mol. The first-order chi connectivity index (χ1) is 8.13. The minimum Gasteiger partial charge on any atom is -0.481 e. The number of methoxy groups -OCH3 is 1. The van der Waals surface area contributed by atoms with Crippen LogP contribution in [0.25, 0.3) is 0 Å². The molecule has 94 valence electrons. The predicted octanol–water partition coefficient (Wildman–Crippen LogP) is 0.772. The van der Waals surface area contributed by atoms with Crippen LogP contribution in [0.5, 0.6) is 5.88 Å². The molecule has 0 aliphatic heterocycles. The van der Waals surface area contributed by atoms with Crippen LogP contribution in [0.15, 0.2) is 18.2 Å². The van der Waals surface area contributed by atoms with Crippen molar-refractivity contribution in [3.63, 3.8) is 0 Å². The van der Waals surface area contributed by atoms with E-state index in [4.69, 9.17) is 4.74 Å². The maximum absolute atomic E-state index is 11.7. The van der Waals surface area contributed by atoms with Gasteiger partial charge in [-0.05, 0) is 33.1 Å². The van der Waals surface area contributed by atoms with E-state index in [2.05, 4.69) is 15.2 Å². The summed E-state index contributed by atoms with van der Waals surface area (Å²) in [6.45, 7) is 1.60. The van der Waals surface area contributed by atoms with Crippen LogP contribution >= 0.6 is 0 Å². The molecule has 1 rings (SSSR count). The van der Waals surface area contributed by atoms with E-state index in [0.29, 0.717) is 18.1 Å². The van der Waals surface area contributed by atoms with Gasteiger partial charge < -0.3 is 15.0 Å². The molecule has 1 aromatic heterocycles. The maximum Gasteiger partial charge on any atom is 0.270 e. The number of hydrogen-bond donors (Lipinski definition) is 1. The minimum absolute atomic E-state index is 0.164.